The van der Waals surface area contributed by atoms with Crippen LogP contribution in [-0.2, 0) is 0 Å². The van der Waals surface area contributed by atoms with E-state index in [9.17, 15) is 4.79 Å². The van der Waals surface area contributed by atoms with Gasteiger partial charge in [-0.1, -0.05) is 17.7 Å². The lowest BCUT2D eigenvalue weighted by atomic mass is 10.3. The first-order valence-corrected chi connectivity index (χ1v) is 4.62. The number of aromatic nitrogens is 1. The maximum Gasteiger partial charge on any atom is 0.269 e. The Balaban J connectivity index is 2.56. The standard InChI is InChI=1S/C10H11ClN2O/c1-2-3-5-13-10(14)9-7-8(11)4-6-12-9/h2,4,6-7H,1,3,5H2,(H,13,14). The van der Waals surface area contributed by atoms with Crippen molar-refractivity contribution >= 4 is 17.5 Å². The molecule has 0 aliphatic carbocycles. The van der Waals surface area contributed by atoms with Crippen LogP contribution in [-0.4, -0.2) is 17.4 Å². The van der Waals surface area contributed by atoms with Crippen LogP contribution in [0, 0.1) is 0 Å². The highest BCUT2D eigenvalue weighted by Gasteiger charge is 2.05. The molecule has 14 heavy (non-hydrogen) atoms. The average molecular weight is 211 g/mol. The third kappa shape index (κ3) is 3.18. The predicted octanol–water partition coefficient (Wildman–Crippen LogP) is 2.04. The van der Waals surface area contributed by atoms with Crippen molar-refractivity contribution in [3.8, 4) is 0 Å². The Morgan fingerprint density at radius 3 is 3.14 bits per heavy atom. The zero-order valence-corrected chi connectivity index (χ0v) is 8.42. The van der Waals surface area contributed by atoms with Crippen molar-refractivity contribution in [3.05, 3.63) is 41.7 Å². The van der Waals surface area contributed by atoms with Crippen LogP contribution in [0.25, 0.3) is 0 Å². The number of nitrogens with zero attached hydrogens (tertiary/aromatic N) is 1. The highest BCUT2D eigenvalue weighted by Crippen LogP contribution is 2.07. The number of hydrogen-bond donors (Lipinski definition) is 1. The third-order valence-electron chi connectivity index (χ3n) is 1.59. The number of carbonyl (C=O) groups excluding carboxylic acids is 1. The quantitative estimate of drug-likeness (QED) is 0.611. The molecule has 1 aromatic heterocycles. The van der Waals surface area contributed by atoms with Gasteiger partial charge in [0, 0.05) is 17.8 Å². The van der Waals surface area contributed by atoms with Crippen molar-refractivity contribution in [2.75, 3.05) is 6.54 Å². The van der Waals surface area contributed by atoms with E-state index in [0.29, 0.717) is 17.3 Å². The van der Waals surface area contributed by atoms with Crippen LogP contribution in [0.2, 0.25) is 5.02 Å². The third-order valence-corrected chi connectivity index (χ3v) is 1.82. The van der Waals surface area contributed by atoms with Gasteiger partial charge in [-0.3, -0.25) is 9.78 Å². The molecule has 1 aromatic rings. The fourth-order valence-electron chi connectivity index (χ4n) is 0.907. The van der Waals surface area contributed by atoms with Crippen molar-refractivity contribution < 1.29 is 4.79 Å². The summed E-state index contributed by atoms with van der Waals surface area (Å²) in [5, 5.41) is 3.20. The average Bonchev–Trinajstić information content (AvgIpc) is 2.18. The number of carbonyl (C=O) groups is 1. The van der Waals surface area contributed by atoms with Gasteiger partial charge in [-0.2, -0.15) is 0 Å². The van der Waals surface area contributed by atoms with E-state index in [4.69, 9.17) is 11.6 Å². The summed E-state index contributed by atoms with van der Waals surface area (Å²) in [5.74, 6) is -0.214. The number of amides is 1. The number of pyridine rings is 1. The van der Waals surface area contributed by atoms with Crippen LogP contribution < -0.4 is 5.32 Å². The topological polar surface area (TPSA) is 42.0 Å². The Morgan fingerprint density at radius 2 is 2.50 bits per heavy atom. The van der Waals surface area contributed by atoms with Gasteiger partial charge in [0.1, 0.15) is 5.69 Å². The van der Waals surface area contributed by atoms with E-state index in [-0.39, 0.29) is 5.91 Å². The lowest BCUT2D eigenvalue weighted by Gasteiger charge is -2.02. The van der Waals surface area contributed by atoms with E-state index in [1.165, 1.54) is 12.3 Å². The molecule has 0 aliphatic rings. The highest BCUT2D eigenvalue weighted by atomic mass is 35.5. The van der Waals surface area contributed by atoms with Crippen molar-refractivity contribution in [2.45, 2.75) is 6.42 Å². The SMILES string of the molecule is C=CCCNC(=O)c1cc(Cl)ccn1. The molecule has 0 fully saturated rings. The predicted molar refractivity (Wildman–Crippen MR) is 56.4 cm³/mol. The molecule has 0 aromatic carbocycles. The van der Waals surface area contributed by atoms with Crippen molar-refractivity contribution in [2.24, 2.45) is 0 Å². The van der Waals surface area contributed by atoms with Crippen molar-refractivity contribution in [1.82, 2.24) is 10.3 Å². The molecule has 1 rings (SSSR count). The zero-order valence-electron chi connectivity index (χ0n) is 7.66. The summed E-state index contributed by atoms with van der Waals surface area (Å²) in [6, 6.07) is 3.16. The molecule has 3 nitrogen and oxygen atoms in total. The molecule has 4 heteroatoms. The van der Waals surface area contributed by atoms with Gasteiger partial charge in [-0.25, -0.2) is 0 Å². The van der Waals surface area contributed by atoms with E-state index in [2.05, 4.69) is 16.9 Å². The first-order chi connectivity index (χ1) is 6.74. The van der Waals surface area contributed by atoms with Crippen LogP contribution in [0.1, 0.15) is 16.9 Å². The Hall–Kier alpha value is -1.35. The Kier molecular flexibility index (Phi) is 4.13. The first kappa shape index (κ1) is 10.7. The Bertz CT molecular complexity index is 339. The minimum atomic E-state index is -0.214. The molecular formula is C10H11ClN2O. The second-order valence-corrected chi connectivity index (χ2v) is 3.13. The largest absolute Gasteiger partial charge is 0.350 e. The van der Waals surface area contributed by atoms with E-state index in [1.54, 1.807) is 12.1 Å². The zero-order chi connectivity index (χ0) is 10.4. The second kappa shape index (κ2) is 5.40. The molecule has 0 unspecified atom stereocenters. The number of hydrogen-bond acceptors (Lipinski definition) is 2. The van der Waals surface area contributed by atoms with E-state index in [1.807, 2.05) is 0 Å². The van der Waals surface area contributed by atoms with Gasteiger partial charge >= 0.3 is 0 Å². The molecule has 1 amide bonds. The molecule has 0 spiro atoms. The summed E-state index contributed by atoms with van der Waals surface area (Å²) in [6.07, 6.45) is 3.99. The number of nitrogens with one attached hydrogen (secondary N) is 1. The van der Waals surface area contributed by atoms with Crippen LogP contribution >= 0.6 is 11.6 Å². The molecule has 0 aliphatic heterocycles. The van der Waals surface area contributed by atoms with Gasteiger partial charge in [0.25, 0.3) is 5.91 Å². The van der Waals surface area contributed by atoms with Crippen LogP contribution in [0.5, 0.6) is 0 Å². The first-order valence-electron chi connectivity index (χ1n) is 4.24. The van der Waals surface area contributed by atoms with Crippen molar-refractivity contribution in [3.63, 3.8) is 0 Å². The summed E-state index contributed by atoms with van der Waals surface area (Å²) in [7, 11) is 0. The van der Waals surface area contributed by atoms with E-state index in [0.717, 1.165) is 6.42 Å². The smallest absolute Gasteiger partial charge is 0.269 e. The van der Waals surface area contributed by atoms with Gasteiger partial charge in [0.15, 0.2) is 0 Å². The normalized spacial score (nSPS) is 9.50. The summed E-state index contributed by atoms with van der Waals surface area (Å²) in [4.78, 5) is 15.3. The van der Waals surface area contributed by atoms with E-state index < -0.39 is 0 Å². The second-order valence-electron chi connectivity index (χ2n) is 2.69. The lowest BCUT2D eigenvalue weighted by molar-refractivity contribution is 0.0949. The number of halogens is 1. The van der Waals surface area contributed by atoms with Gasteiger partial charge < -0.3 is 5.32 Å². The summed E-state index contributed by atoms with van der Waals surface area (Å²) in [6.45, 7) is 4.12. The molecule has 0 saturated heterocycles. The minimum Gasteiger partial charge on any atom is -0.350 e. The van der Waals surface area contributed by atoms with Crippen LogP contribution in [0.4, 0.5) is 0 Å². The lowest BCUT2D eigenvalue weighted by Crippen LogP contribution is -2.24. The van der Waals surface area contributed by atoms with Crippen LogP contribution in [0.15, 0.2) is 31.0 Å². The summed E-state index contributed by atoms with van der Waals surface area (Å²) < 4.78 is 0. The van der Waals surface area contributed by atoms with Crippen LogP contribution in [0.3, 0.4) is 0 Å². The molecule has 0 saturated carbocycles. The molecule has 0 bridgehead atoms. The Morgan fingerprint density at radius 1 is 1.71 bits per heavy atom. The summed E-state index contributed by atoms with van der Waals surface area (Å²) >= 11 is 5.71. The fourth-order valence-corrected chi connectivity index (χ4v) is 1.07. The maximum absolute atomic E-state index is 11.4. The maximum atomic E-state index is 11.4. The summed E-state index contributed by atoms with van der Waals surface area (Å²) in [5.41, 5.74) is 0.335. The van der Waals surface area contributed by atoms with Crippen molar-refractivity contribution in [1.29, 1.82) is 0 Å². The van der Waals surface area contributed by atoms with Gasteiger partial charge in [-0.15, -0.1) is 6.58 Å². The molecule has 0 radical (unpaired) electrons. The molecular weight excluding hydrogens is 200 g/mol. The fraction of sp³-hybridized carbons (Fsp3) is 0.200. The monoisotopic (exact) mass is 210 g/mol. The Labute approximate surface area is 87.8 Å². The van der Waals surface area contributed by atoms with E-state index >= 15 is 0 Å². The van der Waals surface area contributed by atoms with Gasteiger partial charge in [0.2, 0.25) is 0 Å². The molecule has 1 N–H and O–H groups in total. The number of rotatable bonds is 4. The minimum absolute atomic E-state index is 0.214. The van der Waals surface area contributed by atoms with Gasteiger partial charge in [-0.05, 0) is 18.6 Å². The molecule has 74 valence electrons. The molecule has 0 atom stereocenters. The molecule has 1 heterocycles. The van der Waals surface area contributed by atoms with Gasteiger partial charge in [0.05, 0.1) is 0 Å². The highest BCUT2D eigenvalue weighted by molar-refractivity contribution is 6.30.